The van der Waals surface area contributed by atoms with Crippen molar-refractivity contribution in [1.82, 2.24) is 4.90 Å². The second-order valence-electron chi connectivity index (χ2n) is 5.81. The van der Waals surface area contributed by atoms with Crippen LogP contribution in [0.3, 0.4) is 0 Å². The first kappa shape index (κ1) is 15.6. The number of phenolic OH excluding ortho intramolecular Hbond substituents is 1. The number of quaternary nitrogens is 1. The van der Waals surface area contributed by atoms with Crippen LogP contribution in [0.25, 0.3) is 0 Å². The fraction of sp³-hybridized carbons (Fsp3) is 0.562. The Morgan fingerprint density at radius 1 is 1.27 bits per heavy atom. The molecule has 1 amide bonds. The Bertz CT molecular complexity index is 503. The lowest BCUT2D eigenvalue weighted by Gasteiger charge is -2.27. The number of hydrogen-bond donors (Lipinski definition) is 2. The van der Waals surface area contributed by atoms with Crippen LogP contribution in [-0.2, 0) is 9.53 Å². The van der Waals surface area contributed by atoms with E-state index in [9.17, 15) is 9.90 Å². The molecule has 0 spiro atoms. The number of phenols is 1. The number of thioether (sulfide) groups is 1. The average Bonchev–Trinajstić information content (AvgIpc) is 2.90. The molecule has 2 aliphatic rings. The van der Waals surface area contributed by atoms with Crippen molar-refractivity contribution in [2.75, 3.05) is 45.1 Å². The Hall–Kier alpha value is -1.24. The molecule has 5 nitrogen and oxygen atoms in total. The van der Waals surface area contributed by atoms with Crippen molar-refractivity contribution < 1.29 is 19.5 Å². The summed E-state index contributed by atoms with van der Waals surface area (Å²) in [6, 6.07) is 7.20. The summed E-state index contributed by atoms with van der Waals surface area (Å²) in [7, 11) is 0. The fourth-order valence-electron chi connectivity index (χ4n) is 3.02. The predicted molar refractivity (Wildman–Crippen MR) is 86.0 cm³/mol. The van der Waals surface area contributed by atoms with Crippen molar-refractivity contribution in [3.05, 3.63) is 29.8 Å². The monoisotopic (exact) mass is 323 g/mol. The van der Waals surface area contributed by atoms with Crippen LogP contribution in [0.5, 0.6) is 5.75 Å². The Labute approximate surface area is 135 Å². The first-order valence-corrected chi connectivity index (χ1v) is 8.90. The number of ether oxygens (including phenoxy) is 1. The minimum atomic E-state index is 0.0905. The maximum Gasteiger partial charge on any atom is 0.233 e. The summed E-state index contributed by atoms with van der Waals surface area (Å²) in [5.74, 6) is 1.04. The highest BCUT2D eigenvalue weighted by atomic mass is 32.2. The third-order valence-corrected chi connectivity index (χ3v) is 5.53. The van der Waals surface area contributed by atoms with Crippen LogP contribution in [0.2, 0.25) is 0 Å². The number of carbonyl (C=O) groups is 1. The molecule has 0 unspecified atom stereocenters. The number of nitrogens with one attached hydrogen (secondary N) is 1. The number of aromatic hydroxyl groups is 1. The lowest BCUT2D eigenvalue weighted by atomic mass is 10.2. The van der Waals surface area contributed by atoms with Crippen LogP contribution in [0, 0.1) is 0 Å². The van der Waals surface area contributed by atoms with Crippen molar-refractivity contribution in [3.63, 3.8) is 0 Å². The van der Waals surface area contributed by atoms with Crippen LogP contribution >= 0.6 is 11.8 Å². The first-order valence-electron chi connectivity index (χ1n) is 7.85. The maximum atomic E-state index is 12.1. The molecule has 0 aliphatic carbocycles. The maximum absolute atomic E-state index is 12.1. The van der Waals surface area contributed by atoms with Gasteiger partial charge in [0.2, 0.25) is 5.91 Å². The zero-order valence-electron chi connectivity index (χ0n) is 12.7. The molecule has 0 aromatic heterocycles. The summed E-state index contributed by atoms with van der Waals surface area (Å²) >= 11 is 1.67. The van der Waals surface area contributed by atoms with E-state index in [0.29, 0.717) is 5.75 Å². The van der Waals surface area contributed by atoms with Gasteiger partial charge in [-0.3, -0.25) is 4.79 Å². The van der Waals surface area contributed by atoms with E-state index >= 15 is 0 Å². The number of morpholine rings is 1. The highest BCUT2D eigenvalue weighted by Gasteiger charge is 2.32. The van der Waals surface area contributed by atoms with Gasteiger partial charge in [-0.2, -0.15) is 0 Å². The molecule has 2 heterocycles. The summed E-state index contributed by atoms with van der Waals surface area (Å²) in [5.41, 5.74) is 1.09. The molecule has 120 valence electrons. The molecule has 3 rings (SSSR count). The normalized spacial score (nSPS) is 23.2. The molecule has 2 saturated heterocycles. The topological polar surface area (TPSA) is 54.2 Å². The van der Waals surface area contributed by atoms with E-state index in [2.05, 4.69) is 0 Å². The van der Waals surface area contributed by atoms with E-state index in [1.165, 1.54) is 0 Å². The molecule has 1 aromatic carbocycles. The predicted octanol–water partition coefficient (Wildman–Crippen LogP) is 0.271. The van der Waals surface area contributed by atoms with Gasteiger partial charge in [-0.05, 0) is 17.7 Å². The zero-order valence-corrected chi connectivity index (χ0v) is 13.5. The summed E-state index contributed by atoms with van der Waals surface area (Å²) < 4.78 is 5.37. The van der Waals surface area contributed by atoms with E-state index in [0.717, 1.165) is 51.4 Å². The van der Waals surface area contributed by atoms with Gasteiger partial charge in [0, 0.05) is 13.0 Å². The van der Waals surface area contributed by atoms with Gasteiger partial charge in [0.15, 0.2) is 0 Å². The molecular weight excluding hydrogens is 300 g/mol. The van der Waals surface area contributed by atoms with Gasteiger partial charge in [-0.1, -0.05) is 12.1 Å². The van der Waals surface area contributed by atoms with E-state index in [-0.39, 0.29) is 17.0 Å². The highest BCUT2D eigenvalue weighted by Crippen LogP contribution is 2.38. The van der Waals surface area contributed by atoms with E-state index < -0.39 is 0 Å². The van der Waals surface area contributed by atoms with Gasteiger partial charge in [0.1, 0.15) is 24.2 Å². The zero-order chi connectivity index (χ0) is 15.4. The summed E-state index contributed by atoms with van der Waals surface area (Å²) in [6.07, 6.45) is 1.02. The van der Waals surface area contributed by atoms with Gasteiger partial charge < -0.3 is 19.6 Å². The van der Waals surface area contributed by atoms with Crippen LogP contribution in [0.4, 0.5) is 0 Å². The molecule has 0 saturated carbocycles. The van der Waals surface area contributed by atoms with Crippen LogP contribution in [0.15, 0.2) is 24.3 Å². The van der Waals surface area contributed by atoms with Crippen molar-refractivity contribution in [2.24, 2.45) is 0 Å². The third kappa shape index (κ3) is 3.74. The summed E-state index contributed by atoms with van der Waals surface area (Å²) in [4.78, 5) is 15.7. The number of nitrogens with zero attached hydrogens (tertiary/aromatic N) is 1. The molecule has 2 aliphatic heterocycles. The number of benzene rings is 1. The Balaban J connectivity index is 1.55. The molecule has 2 fully saturated rings. The molecular formula is C16H23N2O3S+. The summed E-state index contributed by atoms with van der Waals surface area (Å²) in [5, 5.41) is 9.49. The summed E-state index contributed by atoms with van der Waals surface area (Å²) in [6.45, 7) is 5.75. The lowest BCUT2D eigenvalue weighted by molar-refractivity contribution is -0.908. The van der Waals surface area contributed by atoms with E-state index in [4.69, 9.17) is 4.74 Å². The van der Waals surface area contributed by atoms with E-state index in [1.807, 2.05) is 17.0 Å². The minimum Gasteiger partial charge on any atom is -0.508 e. The minimum absolute atomic E-state index is 0.0905. The highest BCUT2D eigenvalue weighted by molar-refractivity contribution is 8.00. The second-order valence-corrected chi connectivity index (χ2v) is 6.88. The first-order chi connectivity index (χ1) is 10.7. The number of hydrogen-bond acceptors (Lipinski definition) is 4. The van der Waals surface area contributed by atoms with Gasteiger partial charge in [0.25, 0.3) is 0 Å². The van der Waals surface area contributed by atoms with Crippen LogP contribution in [-0.4, -0.2) is 61.1 Å². The molecule has 1 aromatic rings. The molecule has 2 N–H and O–H groups in total. The second kappa shape index (κ2) is 7.35. The molecule has 0 bridgehead atoms. The Morgan fingerprint density at radius 3 is 2.73 bits per heavy atom. The smallest absolute Gasteiger partial charge is 0.233 e. The van der Waals surface area contributed by atoms with Crippen LogP contribution in [0.1, 0.15) is 17.4 Å². The van der Waals surface area contributed by atoms with Crippen molar-refractivity contribution in [1.29, 1.82) is 0 Å². The molecule has 0 radical (unpaired) electrons. The molecule has 22 heavy (non-hydrogen) atoms. The Kier molecular flexibility index (Phi) is 5.23. The number of amides is 1. The molecule has 6 heteroatoms. The van der Waals surface area contributed by atoms with Gasteiger partial charge in [-0.15, -0.1) is 11.8 Å². The average molecular weight is 323 g/mol. The van der Waals surface area contributed by atoms with Crippen molar-refractivity contribution in [2.45, 2.75) is 11.8 Å². The fourth-order valence-corrected chi connectivity index (χ4v) is 4.24. The van der Waals surface area contributed by atoms with Gasteiger partial charge in [0.05, 0.1) is 25.5 Å². The van der Waals surface area contributed by atoms with Crippen molar-refractivity contribution in [3.8, 4) is 5.75 Å². The molecule has 1 atom stereocenters. The van der Waals surface area contributed by atoms with Gasteiger partial charge >= 0.3 is 0 Å². The Morgan fingerprint density at radius 2 is 2.00 bits per heavy atom. The van der Waals surface area contributed by atoms with E-state index in [1.54, 1.807) is 28.8 Å². The van der Waals surface area contributed by atoms with Crippen molar-refractivity contribution >= 4 is 17.7 Å². The standard InChI is InChI=1S/C16H22N2O3S/c19-14-4-2-13(3-5-14)16-18(15(20)12-22-16)7-1-6-17-8-10-21-11-9-17/h2-5,16,19H,1,6-12H2/p+1/t16-/m1/s1. The third-order valence-electron chi connectivity index (χ3n) is 4.28. The quantitative estimate of drug-likeness (QED) is 0.817. The number of carbonyl (C=O) groups excluding carboxylic acids is 1. The SMILES string of the molecule is O=C1CS[C@H](c2ccc(O)cc2)N1CCC[NH+]1CCOCC1. The van der Waals surface area contributed by atoms with Gasteiger partial charge in [-0.25, -0.2) is 0 Å². The largest absolute Gasteiger partial charge is 0.508 e. The van der Waals surface area contributed by atoms with Crippen LogP contribution < -0.4 is 4.90 Å². The number of rotatable bonds is 5. The lowest BCUT2D eigenvalue weighted by Crippen LogP contribution is -3.14.